The van der Waals surface area contributed by atoms with Crippen molar-refractivity contribution in [2.45, 2.75) is 51.0 Å². The number of nitrogens with two attached hydrogens (primary N) is 1. The molecule has 3 aliphatic rings. The van der Waals surface area contributed by atoms with Crippen molar-refractivity contribution < 1.29 is 39.6 Å². The van der Waals surface area contributed by atoms with Crippen LogP contribution in [0.3, 0.4) is 0 Å². The van der Waals surface area contributed by atoms with Crippen LogP contribution in [0.2, 0.25) is 0 Å². The summed E-state index contributed by atoms with van der Waals surface area (Å²) in [6.45, 7) is 4.38. The molecule has 0 bridgehead atoms. The van der Waals surface area contributed by atoms with Crippen LogP contribution in [0.15, 0.2) is 11.6 Å². The van der Waals surface area contributed by atoms with Crippen LogP contribution in [0.25, 0.3) is 5.76 Å². The molecule has 3 unspecified atom stereocenters. The third-order valence-corrected chi connectivity index (χ3v) is 8.75. The Kier molecular flexibility index (Phi) is 7.98. The van der Waals surface area contributed by atoms with E-state index in [1.807, 2.05) is 18.7 Å². The van der Waals surface area contributed by atoms with E-state index in [2.05, 4.69) is 0 Å². The average molecular weight is 573 g/mol. The Bertz CT molecular complexity index is 1320. The van der Waals surface area contributed by atoms with Crippen molar-refractivity contribution in [1.29, 1.82) is 0 Å². The minimum absolute atomic E-state index is 0.00199. The Labute approximate surface area is 239 Å². The number of amides is 2. The fourth-order valence-electron chi connectivity index (χ4n) is 7.06. The van der Waals surface area contributed by atoms with Crippen molar-refractivity contribution in [1.82, 2.24) is 9.80 Å². The average Bonchev–Trinajstić information content (AvgIpc) is 2.86. The van der Waals surface area contributed by atoms with E-state index in [-0.39, 0.29) is 42.2 Å². The number of carbonyl (C=O) groups is 4. The summed E-state index contributed by atoms with van der Waals surface area (Å²) in [7, 11) is 6.81. The van der Waals surface area contributed by atoms with Crippen LogP contribution in [0.1, 0.15) is 37.0 Å². The molecule has 6 N–H and O–H groups in total. The molecule has 224 valence electrons. The van der Waals surface area contributed by atoms with Crippen LogP contribution < -0.4 is 10.6 Å². The van der Waals surface area contributed by atoms with E-state index in [4.69, 9.17) is 5.73 Å². The number of aliphatic hydroxyl groups excluding tert-OH is 2. The lowest BCUT2D eigenvalue weighted by atomic mass is 9.54. The Morgan fingerprint density at radius 1 is 1.20 bits per heavy atom. The highest BCUT2D eigenvalue weighted by molar-refractivity contribution is 6.25. The number of Topliss-reactive ketones (excluding diaryl/α,β-unsaturated/α-hetero) is 2. The van der Waals surface area contributed by atoms with Gasteiger partial charge in [0.05, 0.1) is 11.7 Å². The molecule has 41 heavy (non-hydrogen) atoms. The molecule has 12 heteroatoms. The number of aliphatic hydroxyl groups is 3. The SMILES string of the molecule is CC(C)CN(C=O)Cc1cc(N(C)C)c2c(c1O)C(O)=C1C(=O)[C@@]3(O)C(=O)C(C(N)=O)C(O)C(N(C)C)[C@H]3C[C@H]1C2. The van der Waals surface area contributed by atoms with Gasteiger partial charge in [0.15, 0.2) is 11.4 Å². The van der Waals surface area contributed by atoms with E-state index < -0.39 is 58.7 Å². The molecule has 2 saturated carbocycles. The lowest BCUT2D eigenvalue weighted by Gasteiger charge is -2.53. The highest BCUT2D eigenvalue weighted by Crippen LogP contribution is 2.53. The number of hydrogen-bond donors (Lipinski definition) is 5. The maximum Gasteiger partial charge on any atom is 0.230 e. The zero-order valence-electron chi connectivity index (χ0n) is 24.3. The molecule has 6 atom stereocenters. The molecule has 0 aromatic heterocycles. The third-order valence-electron chi connectivity index (χ3n) is 8.75. The van der Waals surface area contributed by atoms with Crippen molar-refractivity contribution in [3.63, 3.8) is 0 Å². The maximum atomic E-state index is 14.1. The number of ketones is 2. The van der Waals surface area contributed by atoms with Gasteiger partial charge in [-0.05, 0) is 50.4 Å². The number of phenolic OH excluding ortho intramolecular Hbond substituents is 1. The highest BCUT2D eigenvalue weighted by atomic mass is 16.3. The summed E-state index contributed by atoms with van der Waals surface area (Å²) in [6, 6.07) is 0.793. The fraction of sp³-hybridized carbons (Fsp3) is 0.586. The second-order valence-corrected chi connectivity index (χ2v) is 12.4. The van der Waals surface area contributed by atoms with Crippen molar-refractivity contribution in [3.05, 3.63) is 28.3 Å². The quantitative estimate of drug-likeness (QED) is 0.207. The number of fused-ring (bicyclic) bond motifs is 3. The van der Waals surface area contributed by atoms with E-state index in [1.54, 1.807) is 39.2 Å². The number of aromatic hydroxyl groups is 1. The molecule has 0 heterocycles. The summed E-state index contributed by atoms with van der Waals surface area (Å²) in [5.74, 6) is -7.69. The number of anilines is 1. The van der Waals surface area contributed by atoms with Crippen LogP contribution in [-0.4, -0.2) is 107 Å². The Morgan fingerprint density at radius 2 is 1.83 bits per heavy atom. The topological polar surface area (TPSA) is 185 Å². The molecule has 2 fully saturated rings. The van der Waals surface area contributed by atoms with Crippen LogP contribution in [0.5, 0.6) is 5.75 Å². The van der Waals surface area contributed by atoms with Gasteiger partial charge in [-0.3, -0.25) is 19.2 Å². The number of benzene rings is 1. The number of primary amides is 1. The van der Waals surface area contributed by atoms with Gasteiger partial charge in [-0.25, -0.2) is 0 Å². The van der Waals surface area contributed by atoms with Crippen molar-refractivity contribution in [2.24, 2.45) is 29.4 Å². The normalized spacial score (nSPS) is 29.3. The summed E-state index contributed by atoms with van der Waals surface area (Å²) in [5.41, 5.74) is 4.09. The molecule has 0 radical (unpaired) electrons. The second kappa shape index (κ2) is 10.7. The summed E-state index contributed by atoms with van der Waals surface area (Å²) < 4.78 is 0. The van der Waals surface area contributed by atoms with E-state index in [9.17, 15) is 39.6 Å². The molecule has 1 aromatic rings. The van der Waals surface area contributed by atoms with E-state index in [0.29, 0.717) is 29.8 Å². The zero-order valence-corrected chi connectivity index (χ0v) is 24.3. The number of rotatable bonds is 8. The molecule has 4 rings (SSSR count). The molecule has 2 amide bonds. The lowest BCUT2D eigenvalue weighted by molar-refractivity contribution is -0.184. The minimum atomic E-state index is -2.71. The Morgan fingerprint density at radius 3 is 2.34 bits per heavy atom. The Balaban J connectivity index is 1.91. The van der Waals surface area contributed by atoms with Gasteiger partial charge >= 0.3 is 0 Å². The van der Waals surface area contributed by atoms with Crippen molar-refractivity contribution in [3.8, 4) is 5.75 Å². The van der Waals surface area contributed by atoms with Crippen LogP contribution in [0, 0.1) is 23.7 Å². The molecule has 0 aliphatic heterocycles. The van der Waals surface area contributed by atoms with E-state index in [0.717, 1.165) is 0 Å². The van der Waals surface area contributed by atoms with Gasteiger partial charge < -0.3 is 40.9 Å². The molecule has 12 nitrogen and oxygen atoms in total. The molecule has 1 aromatic carbocycles. The van der Waals surface area contributed by atoms with Gasteiger partial charge in [0.25, 0.3) is 0 Å². The molecular weight excluding hydrogens is 532 g/mol. The molecule has 0 saturated heterocycles. The summed E-state index contributed by atoms with van der Waals surface area (Å²) in [4.78, 5) is 56.4. The van der Waals surface area contributed by atoms with Crippen molar-refractivity contribution >= 4 is 35.3 Å². The van der Waals surface area contributed by atoms with Gasteiger partial charge in [-0.1, -0.05) is 13.8 Å². The standard InChI is InChI=1S/C29H40N4O8/c1-13(2)10-33(12-34)11-15-9-18(31(3)4)16-7-14-8-17-22(32(5)6)25(37)21(28(30)40)27(39)29(17,41)26(38)19(14)24(36)20(16)23(15)35/h9,12-14,17,21-22,25,35-37,41H,7-8,10-11H2,1-6H3,(H2,30,40)/t14-,17-,21?,22?,25?,29-/m1/s1. The number of nitrogens with zero attached hydrogens (tertiary/aromatic N) is 3. The van der Waals surface area contributed by atoms with E-state index in [1.165, 1.54) is 4.90 Å². The predicted octanol–water partition coefficient (Wildman–Crippen LogP) is -0.191. The minimum Gasteiger partial charge on any atom is -0.507 e. The zero-order chi connectivity index (χ0) is 30.7. The second-order valence-electron chi connectivity index (χ2n) is 12.4. The van der Waals surface area contributed by atoms with Crippen LogP contribution in [0.4, 0.5) is 5.69 Å². The fourth-order valence-corrected chi connectivity index (χ4v) is 7.06. The summed E-state index contributed by atoms with van der Waals surface area (Å²) in [6.07, 6.45) is -0.622. The monoisotopic (exact) mass is 572 g/mol. The Hall–Kier alpha value is -3.48. The van der Waals surface area contributed by atoms with E-state index >= 15 is 0 Å². The van der Waals surface area contributed by atoms with Crippen molar-refractivity contribution in [2.75, 3.05) is 39.6 Å². The number of phenols is 1. The van der Waals surface area contributed by atoms with Gasteiger partial charge in [0, 0.05) is 56.0 Å². The number of likely N-dealkylation sites (N-methyl/N-ethyl adjacent to an activating group) is 1. The van der Waals surface area contributed by atoms with Crippen LogP contribution in [-0.2, 0) is 32.1 Å². The summed E-state index contributed by atoms with van der Waals surface area (Å²) in [5, 5.41) is 45.8. The molecule has 0 spiro atoms. The predicted molar refractivity (Wildman–Crippen MR) is 150 cm³/mol. The first-order valence-electron chi connectivity index (χ1n) is 13.7. The van der Waals surface area contributed by atoms with Gasteiger partial charge in [0.1, 0.15) is 17.4 Å². The first-order valence-corrected chi connectivity index (χ1v) is 13.7. The number of hydrogen-bond acceptors (Lipinski definition) is 10. The first-order chi connectivity index (χ1) is 19.1. The van der Waals surface area contributed by atoms with Gasteiger partial charge in [0.2, 0.25) is 18.1 Å². The summed E-state index contributed by atoms with van der Waals surface area (Å²) >= 11 is 0. The number of carbonyl (C=O) groups excluding carboxylic acids is 4. The van der Waals surface area contributed by atoms with Gasteiger partial charge in [-0.2, -0.15) is 0 Å². The molecule has 3 aliphatic carbocycles. The maximum absolute atomic E-state index is 14.1. The largest absolute Gasteiger partial charge is 0.507 e. The third kappa shape index (κ3) is 4.67. The van der Waals surface area contributed by atoms with Crippen LogP contribution >= 0.6 is 0 Å². The molecular formula is C29H40N4O8. The smallest absolute Gasteiger partial charge is 0.230 e. The van der Waals surface area contributed by atoms with Gasteiger partial charge in [-0.15, -0.1) is 0 Å². The highest BCUT2D eigenvalue weighted by Gasteiger charge is 2.67. The first kappa shape index (κ1) is 30.5. The lowest BCUT2D eigenvalue weighted by Crippen LogP contribution is -2.73.